The maximum absolute atomic E-state index is 12.1. The van der Waals surface area contributed by atoms with E-state index < -0.39 is 0 Å². The van der Waals surface area contributed by atoms with Crippen molar-refractivity contribution in [2.75, 3.05) is 18.5 Å². The topological polar surface area (TPSA) is 44.4 Å². The molecule has 0 spiro atoms. The molecule has 116 valence electrons. The lowest BCUT2D eigenvalue weighted by Gasteiger charge is -2.29. The molecule has 0 saturated carbocycles. The van der Waals surface area contributed by atoms with E-state index in [4.69, 9.17) is 0 Å². The fraction of sp³-hybridized carbons (Fsp3) is 0.588. The number of para-hydroxylation sites is 1. The smallest absolute Gasteiger partial charge is 0.242 e. The third-order valence-electron chi connectivity index (χ3n) is 3.91. The minimum Gasteiger partial charge on any atom is -0.359 e. The van der Waals surface area contributed by atoms with E-state index in [1.54, 1.807) is 7.05 Å². The van der Waals surface area contributed by atoms with Gasteiger partial charge in [-0.15, -0.1) is 0 Å². The molecule has 2 rings (SSSR count). The van der Waals surface area contributed by atoms with Crippen molar-refractivity contribution in [3.63, 3.8) is 0 Å². The number of carbonyl (C=O) groups excluding carboxylic acids is 1. The minimum atomic E-state index is -0.0363. The van der Waals surface area contributed by atoms with Gasteiger partial charge in [0, 0.05) is 31.4 Å². The van der Waals surface area contributed by atoms with Gasteiger partial charge in [-0.05, 0) is 45.2 Å². The van der Waals surface area contributed by atoms with E-state index in [-0.39, 0.29) is 17.5 Å². The molecule has 1 saturated heterocycles. The summed E-state index contributed by atoms with van der Waals surface area (Å²) in [4.78, 5) is 14.3. The zero-order valence-corrected chi connectivity index (χ0v) is 13.6. The normalized spacial score (nSPS) is 18.9. The van der Waals surface area contributed by atoms with Gasteiger partial charge in [0.2, 0.25) is 5.91 Å². The van der Waals surface area contributed by atoms with Crippen LogP contribution in [0.1, 0.15) is 39.2 Å². The Labute approximate surface area is 127 Å². The van der Waals surface area contributed by atoms with Gasteiger partial charge in [0.1, 0.15) is 6.04 Å². The molecule has 4 heteroatoms. The molecule has 4 nitrogen and oxygen atoms in total. The Morgan fingerprint density at radius 2 is 2.05 bits per heavy atom. The molecule has 1 heterocycles. The van der Waals surface area contributed by atoms with E-state index in [0.717, 1.165) is 25.9 Å². The summed E-state index contributed by atoms with van der Waals surface area (Å²) in [6.45, 7) is 8.26. The van der Waals surface area contributed by atoms with Crippen LogP contribution >= 0.6 is 0 Å². The molecule has 1 aromatic carbocycles. The van der Waals surface area contributed by atoms with Crippen molar-refractivity contribution < 1.29 is 4.79 Å². The number of anilines is 1. The van der Waals surface area contributed by atoms with E-state index in [1.165, 1.54) is 11.3 Å². The molecule has 2 N–H and O–H groups in total. The van der Waals surface area contributed by atoms with Crippen molar-refractivity contribution in [2.45, 2.75) is 51.7 Å². The van der Waals surface area contributed by atoms with E-state index in [1.807, 2.05) is 0 Å². The molecule has 1 aliphatic heterocycles. The molecule has 0 bridgehead atoms. The lowest BCUT2D eigenvalue weighted by atomic mass is 10.1. The van der Waals surface area contributed by atoms with Gasteiger partial charge in [0.15, 0.2) is 0 Å². The lowest BCUT2D eigenvalue weighted by Crippen LogP contribution is -2.42. The first-order valence-corrected chi connectivity index (χ1v) is 7.73. The van der Waals surface area contributed by atoms with E-state index in [0.29, 0.717) is 0 Å². The third kappa shape index (κ3) is 3.97. The van der Waals surface area contributed by atoms with Crippen LogP contribution in [0.5, 0.6) is 0 Å². The van der Waals surface area contributed by atoms with Gasteiger partial charge in [-0.25, -0.2) is 0 Å². The highest BCUT2D eigenvalue weighted by Gasteiger charge is 2.31. The summed E-state index contributed by atoms with van der Waals surface area (Å²) in [7, 11) is 1.71. The summed E-state index contributed by atoms with van der Waals surface area (Å²) in [6.07, 6.45) is 2.00. The second-order valence-corrected chi connectivity index (χ2v) is 6.70. The second-order valence-electron chi connectivity index (χ2n) is 6.70. The zero-order chi connectivity index (χ0) is 15.5. The first-order valence-electron chi connectivity index (χ1n) is 7.73. The van der Waals surface area contributed by atoms with Gasteiger partial charge in [-0.2, -0.15) is 0 Å². The summed E-state index contributed by atoms with van der Waals surface area (Å²) in [5.74, 6) is 0.117. The van der Waals surface area contributed by atoms with E-state index in [9.17, 15) is 4.79 Å². The highest BCUT2D eigenvalue weighted by atomic mass is 16.2. The van der Waals surface area contributed by atoms with Gasteiger partial charge in [-0.3, -0.25) is 4.79 Å². The lowest BCUT2D eigenvalue weighted by molar-refractivity contribution is -0.121. The van der Waals surface area contributed by atoms with Crippen LogP contribution in [0.15, 0.2) is 24.3 Å². The Balaban J connectivity index is 2.21. The number of carbonyl (C=O) groups is 1. The molecular formula is C17H27N3O. The van der Waals surface area contributed by atoms with Crippen molar-refractivity contribution >= 4 is 11.6 Å². The molecule has 0 aliphatic carbocycles. The zero-order valence-electron chi connectivity index (χ0n) is 13.6. The van der Waals surface area contributed by atoms with Gasteiger partial charge in [0.05, 0.1) is 0 Å². The number of amides is 1. The second kappa shape index (κ2) is 6.48. The molecule has 1 amide bonds. The van der Waals surface area contributed by atoms with Crippen LogP contribution in [0, 0.1) is 0 Å². The maximum Gasteiger partial charge on any atom is 0.242 e. The summed E-state index contributed by atoms with van der Waals surface area (Å²) >= 11 is 0. The summed E-state index contributed by atoms with van der Waals surface area (Å²) < 4.78 is 0. The minimum absolute atomic E-state index is 0.0363. The van der Waals surface area contributed by atoms with Gasteiger partial charge < -0.3 is 15.5 Å². The van der Waals surface area contributed by atoms with Crippen LogP contribution in [-0.2, 0) is 11.3 Å². The molecule has 0 aromatic heterocycles. The number of benzene rings is 1. The van der Waals surface area contributed by atoms with Crippen molar-refractivity contribution in [3.05, 3.63) is 29.8 Å². The number of likely N-dealkylation sites (N-methyl/N-ethyl adjacent to an activating group) is 1. The number of nitrogens with one attached hydrogen (secondary N) is 2. The quantitative estimate of drug-likeness (QED) is 0.894. The van der Waals surface area contributed by atoms with E-state index >= 15 is 0 Å². The Kier molecular flexibility index (Phi) is 4.88. The predicted molar refractivity (Wildman–Crippen MR) is 87.5 cm³/mol. The fourth-order valence-electron chi connectivity index (χ4n) is 2.80. The Morgan fingerprint density at radius 1 is 1.33 bits per heavy atom. The van der Waals surface area contributed by atoms with Gasteiger partial charge in [0.25, 0.3) is 0 Å². The highest BCUT2D eigenvalue weighted by Crippen LogP contribution is 2.29. The van der Waals surface area contributed by atoms with Crippen LogP contribution in [0.25, 0.3) is 0 Å². The molecule has 1 aromatic rings. The number of nitrogens with zero attached hydrogens (tertiary/aromatic N) is 1. The SMILES string of the molecule is CNC(=O)C1CCCN1c1ccccc1CNC(C)(C)C. The number of hydrogen-bond acceptors (Lipinski definition) is 3. The summed E-state index contributed by atoms with van der Waals surface area (Å²) in [5.41, 5.74) is 2.52. The van der Waals surface area contributed by atoms with Crippen LogP contribution in [-0.4, -0.2) is 31.1 Å². The van der Waals surface area contributed by atoms with Crippen LogP contribution in [0.2, 0.25) is 0 Å². The molecule has 1 aliphatic rings. The first kappa shape index (κ1) is 15.8. The van der Waals surface area contributed by atoms with Crippen LogP contribution in [0.4, 0.5) is 5.69 Å². The monoisotopic (exact) mass is 289 g/mol. The van der Waals surface area contributed by atoms with E-state index in [2.05, 4.69) is 60.6 Å². The number of hydrogen-bond donors (Lipinski definition) is 2. The number of rotatable bonds is 4. The first-order chi connectivity index (χ1) is 9.92. The highest BCUT2D eigenvalue weighted by molar-refractivity contribution is 5.86. The van der Waals surface area contributed by atoms with Crippen molar-refractivity contribution in [1.29, 1.82) is 0 Å². The average molecular weight is 289 g/mol. The van der Waals surface area contributed by atoms with Crippen molar-refractivity contribution in [2.24, 2.45) is 0 Å². The fourth-order valence-corrected chi connectivity index (χ4v) is 2.80. The van der Waals surface area contributed by atoms with Crippen LogP contribution < -0.4 is 15.5 Å². The van der Waals surface area contributed by atoms with Gasteiger partial charge in [-0.1, -0.05) is 18.2 Å². The van der Waals surface area contributed by atoms with Crippen molar-refractivity contribution in [3.8, 4) is 0 Å². The summed E-state index contributed by atoms with van der Waals surface area (Å²) in [5, 5.41) is 6.32. The Morgan fingerprint density at radius 3 is 2.71 bits per heavy atom. The molecule has 21 heavy (non-hydrogen) atoms. The largest absolute Gasteiger partial charge is 0.359 e. The third-order valence-corrected chi connectivity index (χ3v) is 3.91. The molecule has 1 atom stereocenters. The van der Waals surface area contributed by atoms with Crippen LogP contribution in [0.3, 0.4) is 0 Å². The Hall–Kier alpha value is -1.55. The molecular weight excluding hydrogens is 262 g/mol. The average Bonchev–Trinajstić information content (AvgIpc) is 2.93. The Bertz CT molecular complexity index is 493. The summed E-state index contributed by atoms with van der Waals surface area (Å²) in [6, 6.07) is 8.35. The molecule has 0 radical (unpaired) electrons. The van der Waals surface area contributed by atoms with Gasteiger partial charge >= 0.3 is 0 Å². The maximum atomic E-state index is 12.1. The molecule has 1 fully saturated rings. The van der Waals surface area contributed by atoms with Crippen molar-refractivity contribution in [1.82, 2.24) is 10.6 Å². The molecule has 1 unspecified atom stereocenters. The predicted octanol–water partition coefficient (Wildman–Crippen LogP) is 2.29. The standard InChI is InChI=1S/C17H27N3O/c1-17(2,3)19-12-13-8-5-6-9-14(13)20-11-7-10-15(20)16(21)18-4/h5-6,8-9,15,19H,7,10-12H2,1-4H3,(H,18,21).